The van der Waals surface area contributed by atoms with Crippen molar-refractivity contribution in [3.63, 3.8) is 0 Å². The second kappa shape index (κ2) is 7.51. The van der Waals surface area contributed by atoms with Crippen molar-refractivity contribution in [3.8, 4) is 11.5 Å². The van der Waals surface area contributed by atoms with Gasteiger partial charge in [-0.05, 0) is 30.4 Å². The number of H-pyrrole nitrogens is 1. The Bertz CT molecular complexity index is 889. The Balaban J connectivity index is 1.75. The summed E-state index contributed by atoms with van der Waals surface area (Å²) in [4.78, 5) is 4.04. The van der Waals surface area contributed by atoms with Crippen LogP contribution in [0.25, 0.3) is 0 Å². The summed E-state index contributed by atoms with van der Waals surface area (Å²) in [5, 5.41) is 11.2. The zero-order chi connectivity index (χ0) is 16.8. The van der Waals surface area contributed by atoms with Crippen molar-refractivity contribution >= 4 is 18.4 Å². The third kappa shape index (κ3) is 3.85. The van der Waals surface area contributed by atoms with E-state index in [0.29, 0.717) is 16.3 Å². The van der Waals surface area contributed by atoms with E-state index in [-0.39, 0.29) is 6.61 Å². The standard InChI is InChI=1S/C16H15N5O2S/c1-22-13-5-2-6-14(8-13)23-11-15-19-20-16(24)21(15)18-10-12-4-3-7-17-9-12/h2-10H,11H2,1H3,(H,20,24)/b18-10-. The van der Waals surface area contributed by atoms with Crippen molar-refractivity contribution in [2.45, 2.75) is 6.61 Å². The third-order valence-corrected chi connectivity index (χ3v) is 3.40. The van der Waals surface area contributed by atoms with Gasteiger partial charge in [0.05, 0.1) is 13.3 Å². The Labute approximate surface area is 143 Å². The minimum Gasteiger partial charge on any atom is -0.497 e. The zero-order valence-corrected chi connectivity index (χ0v) is 13.7. The first-order chi connectivity index (χ1) is 11.8. The molecule has 3 rings (SSSR count). The second-order valence-electron chi connectivity index (χ2n) is 4.76. The molecule has 7 nitrogen and oxygen atoms in total. The third-order valence-electron chi connectivity index (χ3n) is 3.13. The van der Waals surface area contributed by atoms with E-state index in [9.17, 15) is 0 Å². The smallest absolute Gasteiger partial charge is 0.216 e. The first-order valence-corrected chi connectivity index (χ1v) is 7.54. The average molecular weight is 341 g/mol. The van der Waals surface area contributed by atoms with Crippen LogP contribution in [0.15, 0.2) is 53.9 Å². The molecule has 0 atom stereocenters. The number of nitrogens with zero attached hydrogens (tertiary/aromatic N) is 4. The van der Waals surface area contributed by atoms with Crippen molar-refractivity contribution < 1.29 is 9.47 Å². The van der Waals surface area contributed by atoms with Crippen molar-refractivity contribution in [1.29, 1.82) is 0 Å². The Hall–Kier alpha value is -3.00. The van der Waals surface area contributed by atoms with Crippen LogP contribution in [0.1, 0.15) is 11.4 Å². The highest BCUT2D eigenvalue weighted by molar-refractivity contribution is 7.71. The molecule has 0 amide bonds. The molecule has 122 valence electrons. The number of ether oxygens (including phenoxy) is 2. The molecule has 1 aromatic carbocycles. The van der Waals surface area contributed by atoms with Crippen LogP contribution in [-0.4, -0.2) is 33.2 Å². The summed E-state index contributed by atoms with van der Waals surface area (Å²) in [6.07, 6.45) is 5.07. The van der Waals surface area contributed by atoms with Gasteiger partial charge in [-0.25, -0.2) is 5.10 Å². The maximum atomic E-state index is 5.72. The van der Waals surface area contributed by atoms with Gasteiger partial charge in [-0.1, -0.05) is 12.1 Å². The van der Waals surface area contributed by atoms with Crippen LogP contribution in [0, 0.1) is 4.77 Å². The van der Waals surface area contributed by atoms with Crippen molar-refractivity contribution in [3.05, 3.63) is 65.0 Å². The molecule has 0 aliphatic heterocycles. The quantitative estimate of drug-likeness (QED) is 0.551. The number of hydrogen-bond acceptors (Lipinski definition) is 6. The van der Waals surface area contributed by atoms with Gasteiger partial charge in [-0.15, -0.1) is 0 Å². The fourth-order valence-corrected chi connectivity index (χ4v) is 2.15. The topological polar surface area (TPSA) is 77.3 Å². The highest BCUT2D eigenvalue weighted by Gasteiger charge is 2.06. The van der Waals surface area contributed by atoms with Crippen molar-refractivity contribution in [2.24, 2.45) is 5.10 Å². The van der Waals surface area contributed by atoms with Gasteiger partial charge in [0.1, 0.15) is 18.1 Å². The van der Waals surface area contributed by atoms with Gasteiger partial charge in [-0.3, -0.25) is 4.98 Å². The minimum absolute atomic E-state index is 0.213. The number of benzene rings is 1. The van der Waals surface area contributed by atoms with E-state index in [0.717, 1.165) is 11.3 Å². The van der Waals surface area contributed by atoms with Crippen LogP contribution < -0.4 is 9.47 Å². The molecule has 0 radical (unpaired) electrons. The Kier molecular flexibility index (Phi) is 4.97. The molecule has 8 heteroatoms. The SMILES string of the molecule is COc1cccc(OCc2n[nH]c(=S)n2/N=C\c2cccnc2)c1. The molecule has 0 saturated carbocycles. The maximum Gasteiger partial charge on any atom is 0.216 e. The second-order valence-corrected chi connectivity index (χ2v) is 5.14. The number of pyridine rings is 1. The molecular formula is C16H15N5O2S. The van der Waals surface area contributed by atoms with Crippen LogP contribution in [0.2, 0.25) is 0 Å². The Morgan fingerprint density at radius 3 is 2.96 bits per heavy atom. The molecule has 3 aromatic rings. The summed E-state index contributed by atoms with van der Waals surface area (Å²) in [6.45, 7) is 0.213. The van der Waals surface area contributed by atoms with Crippen LogP contribution in [0.5, 0.6) is 11.5 Å². The molecule has 24 heavy (non-hydrogen) atoms. The highest BCUT2D eigenvalue weighted by Crippen LogP contribution is 2.19. The Morgan fingerprint density at radius 2 is 2.17 bits per heavy atom. The molecule has 0 fully saturated rings. The van der Waals surface area contributed by atoms with Gasteiger partial charge >= 0.3 is 0 Å². The minimum atomic E-state index is 0.213. The van der Waals surface area contributed by atoms with E-state index in [1.165, 1.54) is 4.68 Å². The lowest BCUT2D eigenvalue weighted by Crippen LogP contribution is -2.04. The number of aromatic nitrogens is 4. The molecule has 0 spiro atoms. The van der Waals surface area contributed by atoms with E-state index in [1.807, 2.05) is 30.3 Å². The van der Waals surface area contributed by atoms with E-state index in [2.05, 4.69) is 20.3 Å². The largest absolute Gasteiger partial charge is 0.497 e. The molecule has 2 heterocycles. The number of hydrogen-bond donors (Lipinski definition) is 1. The predicted octanol–water partition coefficient (Wildman–Crippen LogP) is 2.81. The lowest BCUT2D eigenvalue weighted by molar-refractivity contribution is 0.288. The first-order valence-electron chi connectivity index (χ1n) is 7.14. The van der Waals surface area contributed by atoms with E-state index >= 15 is 0 Å². The van der Waals surface area contributed by atoms with E-state index in [1.54, 1.807) is 31.8 Å². The molecule has 2 aromatic heterocycles. The van der Waals surface area contributed by atoms with Gasteiger partial charge in [0, 0.05) is 24.0 Å². The van der Waals surface area contributed by atoms with E-state index < -0.39 is 0 Å². The summed E-state index contributed by atoms with van der Waals surface area (Å²) in [7, 11) is 1.61. The molecule has 0 aliphatic carbocycles. The van der Waals surface area contributed by atoms with Gasteiger partial charge in [0.25, 0.3) is 0 Å². The zero-order valence-electron chi connectivity index (χ0n) is 12.9. The molecular weight excluding hydrogens is 326 g/mol. The van der Waals surface area contributed by atoms with Gasteiger partial charge in [0.15, 0.2) is 5.82 Å². The van der Waals surface area contributed by atoms with Crippen LogP contribution in [-0.2, 0) is 6.61 Å². The van der Waals surface area contributed by atoms with Gasteiger partial charge in [0.2, 0.25) is 4.77 Å². The molecule has 0 bridgehead atoms. The number of rotatable bonds is 6. The lowest BCUT2D eigenvalue weighted by atomic mass is 10.3. The lowest BCUT2D eigenvalue weighted by Gasteiger charge is -2.07. The molecule has 0 aliphatic rings. The fraction of sp³-hybridized carbons (Fsp3) is 0.125. The first kappa shape index (κ1) is 15.9. The number of aromatic amines is 1. The Morgan fingerprint density at radius 1 is 1.29 bits per heavy atom. The summed E-state index contributed by atoms with van der Waals surface area (Å²) < 4.78 is 12.8. The monoisotopic (exact) mass is 341 g/mol. The summed E-state index contributed by atoms with van der Waals surface area (Å²) >= 11 is 5.20. The van der Waals surface area contributed by atoms with Crippen LogP contribution >= 0.6 is 12.2 Å². The summed E-state index contributed by atoms with van der Waals surface area (Å²) in [5.74, 6) is 1.95. The molecule has 1 N–H and O–H groups in total. The predicted molar refractivity (Wildman–Crippen MR) is 92.0 cm³/mol. The maximum absolute atomic E-state index is 5.72. The molecule has 0 unspecified atom stereocenters. The average Bonchev–Trinajstić information content (AvgIpc) is 2.99. The van der Waals surface area contributed by atoms with E-state index in [4.69, 9.17) is 21.7 Å². The normalized spacial score (nSPS) is 10.9. The molecule has 0 saturated heterocycles. The summed E-state index contributed by atoms with van der Waals surface area (Å²) in [5.41, 5.74) is 0.861. The summed E-state index contributed by atoms with van der Waals surface area (Å²) in [6, 6.07) is 11.1. The number of methoxy groups -OCH3 is 1. The van der Waals surface area contributed by atoms with Crippen LogP contribution in [0.4, 0.5) is 0 Å². The van der Waals surface area contributed by atoms with Gasteiger partial charge < -0.3 is 9.47 Å². The highest BCUT2D eigenvalue weighted by atomic mass is 32.1. The van der Waals surface area contributed by atoms with Crippen molar-refractivity contribution in [1.82, 2.24) is 19.9 Å². The fourth-order valence-electron chi connectivity index (χ4n) is 1.95. The van der Waals surface area contributed by atoms with Gasteiger partial charge in [-0.2, -0.15) is 14.9 Å². The van der Waals surface area contributed by atoms with Crippen molar-refractivity contribution in [2.75, 3.05) is 7.11 Å². The number of nitrogens with one attached hydrogen (secondary N) is 1. The van der Waals surface area contributed by atoms with Crippen LogP contribution in [0.3, 0.4) is 0 Å².